The molecule has 2 amide bonds. The van der Waals surface area contributed by atoms with E-state index in [0.717, 1.165) is 9.20 Å². The summed E-state index contributed by atoms with van der Waals surface area (Å²) in [6.07, 6.45) is 1.90. The van der Waals surface area contributed by atoms with E-state index < -0.39 is 28.5 Å². The number of hydrogen-bond donors (Lipinski definition) is 1. The molecule has 1 unspecified atom stereocenters. The summed E-state index contributed by atoms with van der Waals surface area (Å²) in [5.41, 5.74) is 0.851. The Morgan fingerprint density at radius 3 is 2.24 bits per heavy atom. The van der Waals surface area contributed by atoms with Crippen molar-refractivity contribution in [3.63, 3.8) is 0 Å². The summed E-state index contributed by atoms with van der Waals surface area (Å²) in [6, 6.07) is 19.3. The van der Waals surface area contributed by atoms with E-state index in [4.69, 9.17) is 16.3 Å². The van der Waals surface area contributed by atoms with Crippen molar-refractivity contribution in [3.05, 3.63) is 83.4 Å². The molecule has 3 aromatic carbocycles. The molecule has 0 aromatic heterocycles. The highest BCUT2D eigenvalue weighted by molar-refractivity contribution is 7.98. The Labute approximate surface area is 258 Å². The predicted octanol–water partition coefficient (Wildman–Crippen LogP) is 5.85. The summed E-state index contributed by atoms with van der Waals surface area (Å²) >= 11 is 7.92. The summed E-state index contributed by atoms with van der Waals surface area (Å²) in [6.45, 7) is 7.55. The first kappa shape index (κ1) is 33.3. The molecule has 3 rings (SSSR count). The van der Waals surface area contributed by atoms with Crippen molar-refractivity contribution in [2.45, 2.75) is 50.1 Å². The number of ether oxygens (including phenoxy) is 1. The van der Waals surface area contributed by atoms with Gasteiger partial charge in [0, 0.05) is 23.0 Å². The molecule has 42 heavy (non-hydrogen) atoms. The van der Waals surface area contributed by atoms with Crippen molar-refractivity contribution in [1.29, 1.82) is 0 Å². The second kappa shape index (κ2) is 15.3. The zero-order chi connectivity index (χ0) is 30.9. The Morgan fingerprint density at radius 2 is 1.62 bits per heavy atom. The lowest BCUT2D eigenvalue weighted by Crippen LogP contribution is -2.51. The van der Waals surface area contributed by atoms with Crippen LogP contribution in [0.4, 0.5) is 5.69 Å². The third-order valence-corrected chi connectivity index (χ3v) is 9.40. The maximum atomic E-state index is 14.1. The van der Waals surface area contributed by atoms with Crippen LogP contribution >= 0.6 is 23.4 Å². The summed E-state index contributed by atoms with van der Waals surface area (Å²) in [7, 11) is -4.23. The van der Waals surface area contributed by atoms with Crippen LogP contribution in [0.15, 0.2) is 82.6 Å². The van der Waals surface area contributed by atoms with Crippen molar-refractivity contribution in [2.75, 3.05) is 30.3 Å². The SMILES string of the molecule is CCOc1ccccc1N(CC(=O)N(Cc1ccccc1Cl)C(C)C(=O)NCC(C)C)S(=O)(=O)c1ccc(SC)cc1. The number of anilines is 1. The number of para-hydroxylation sites is 2. The van der Waals surface area contributed by atoms with E-state index in [1.165, 1.54) is 28.8 Å². The molecule has 11 heteroatoms. The van der Waals surface area contributed by atoms with E-state index >= 15 is 0 Å². The first-order chi connectivity index (χ1) is 20.0. The van der Waals surface area contributed by atoms with Gasteiger partial charge in [-0.15, -0.1) is 11.8 Å². The molecular weight excluding hydrogens is 594 g/mol. The van der Waals surface area contributed by atoms with Gasteiger partial charge in [0.1, 0.15) is 18.3 Å². The summed E-state index contributed by atoms with van der Waals surface area (Å²) in [5, 5.41) is 3.31. The Hall–Kier alpha value is -3.21. The van der Waals surface area contributed by atoms with Crippen LogP contribution in [0.25, 0.3) is 0 Å². The Kier molecular flexibility index (Phi) is 12.1. The molecule has 0 saturated heterocycles. The highest BCUT2D eigenvalue weighted by Gasteiger charge is 2.34. The van der Waals surface area contributed by atoms with Crippen molar-refractivity contribution in [1.82, 2.24) is 10.2 Å². The molecule has 0 aliphatic carbocycles. The highest BCUT2D eigenvalue weighted by Crippen LogP contribution is 2.33. The van der Waals surface area contributed by atoms with E-state index in [9.17, 15) is 18.0 Å². The number of hydrogen-bond acceptors (Lipinski definition) is 6. The van der Waals surface area contributed by atoms with Gasteiger partial charge in [-0.05, 0) is 74.0 Å². The van der Waals surface area contributed by atoms with Crippen LogP contribution < -0.4 is 14.4 Å². The molecule has 0 saturated carbocycles. The second-order valence-electron chi connectivity index (χ2n) is 10.0. The fraction of sp³-hybridized carbons (Fsp3) is 0.355. The number of sulfonamides is 1. The van der Waals surface area contributed by atoms with Crippen molar-refractivity contribution in [3.8, 4) is 5.75 Å². The van der Waals surface area contributed by atoms with Gasteiger partial charge in [0.15, 0.2) is 0 Å². The Balaban J connectivity index is 2.08. The van der Waals surface area contributed by atoms with Gasteiger partial charge in [0.2, 0.25) is 11.8 Å². The van der Waals surface area contributed by atoms with Gasteiger partial charge < -0.3 is 15.0 Å². The van der Waals surface area contributed by atoms with Crippen LogP contribution in [0.1, 0.15) is 33.3 Å². The standard InChI is InChI=1S/C31H38ClN3O5S2/c1-6-40-29-14-10-9-13-28(29)35(42(38,39)26-17-15-25(41-5)16-18-26)21-30(36)34(20-24-11-7-8-12-27(24)32)23(4)31(37)33-19-22(2)3/h7-18,22-23H,6,19-21H2,1-5H3,(H,33,37). The normalized spacial score (nSPS) is 12.1. The zero-order valence-electron chi connectivity index (χ0n) is 24.5. The minimum absolute atomic E-state index is 0.0121. The number of thioether (sulfide) groups is 1. The molecule has 0 radical (unpaired) electrons. The van der Waals surface area contributed by atoms with Crippen molar-refractivity contribution < 1.29 is 22.7 Å². The molecule has 0 heterocycles. The Bertz CT molecular complexity index is 1470. The summed E-state index contributed by atoms with van der Waals surface area (Å²) < 4.78 is 35.1. The van der Waals surface area contributed by atoms with Crippen molar-refractivity contribution in [2.24, 2.45) is 5.92 Å². The number of benzene rings is 3. The van der Waals surface area contributed by atoms with Gasteiger partial charge in [0.05, 0.1) is 17.2 Å². The van der Waals surface area contributed by atoms with E-state index in [0.29, 0.717) is 29.5 Å². The zero-order valence-corrected chi connectivity index (χ0v) is 26.9. The van der Waals surface area contributed by atoms with Crippen LogP contribution in [0.5, 0.6) is 5.75 Å². The molecule has 8 nitrogen and oxygen atoms in total. The molecule has 3 aromatic rings. The average molecular weight is 632 g/mol. The highest BCUT2D eigenvalue weighted by atomic mass is 35.5. The van der Waals surface area contributed by atoms with E-state index in [1.54, 1.807) is 74.5 Å². The quantitative estimate of drug-likeness (QED) is 0.225. The molecule has 0 aliphatic rings. The van der Waals surface area contributed by atoms with Crippen LogP contribution in [0, 0.1) is 5.92 Å². The number of rotatable bonds is 14. The smallest absolute Gasteiger partial charge is 0.264 e. The minimum Gasteiger partial charge on any atom is -0.492 e. The number of carbonyl (C=O) groups excluding carboxylic acids is 2. The first-order valence-electron chi connectivity index (χ1n) is 13.7. The lowest BCUT2D eigenvalue weighted by Gasteiger charge is -2.32. The third-order valence-electron chi connectivity index (χ3n) is 6.51. The topological polar surface area (TPSA) is 96.0 Å². The van der Waals surface area contributed by atoms with Crippen LogP contribution in [0.2, 0.25) is 5.02 Å². The maximum absolute atomic E-state index is 14.1. The van der Waals surface area contributed by atoms with Gasteiger partial charge in [-0.1, -0.05) is 55.8 Å². The van der Waals surface area contributed by atoms with Gasteiger partial charge in [-0.3, -0.25) is 13.9 Å². The monoisotopic (exact) mass is 631 g/mol. The number of carbonyl (C=O) groups is 2. The number of halogens is 1. The molecule has 226 valence electrons. The number of nitrogens with one attached hydrogen (secondary N) is 1. The van der Waals surface area contributed by atoms with Gasteiger partial charge in [-0.25, -0.2) is 8.42 Å². The van der Waals surface area contributed by atoms with E-state index in [-0.39, 0.29) is 29.0 Å². The van der Waals surface area contributed by atoms with E-state index in [1.807, 2.05) is 20.1 Å². The van der Waals surface area contributed by atoms with Crippen LogP contribution in [0.3, 0.4) is 0 Å². The van der Waals surface area contributed by atoms with Gasteiger partial charge in [0.25, 0.3) is 10.0 Å². The molecule has 0 bridgehead atoms. The number of amides is 2. The average Bonchev–Trinajstić information content (AvgIpc) is 2.98. The minimum atomic E-state index is -4.23. The third kappa shape index (κ3) is 8.42. The molecule has 0 aliphatic heterocycles. The largest absolute Gasteiger partial charge is 0.492 e. The van der Waals surface area contributed by atoms with E-state index in [2.05, 4.69) is 5.32 Å². The fourth-order valence-corrected chi connectivity index (χ4v) is 6.20. The van der Waals surface area contributed by atoms with Gasteiger partial charge in [-0.2, -0.15) is 0 Å². The first-order valence-corrected chi connectivity index (χ1v) is 16.7. The maximum Gasteiger partial charge on any atom is 0.264 e. The van der Waals surface area contributed by atoms with Crippen LogP contribution in [-0.4, -0.2) is 57.1 Å². The summed E-state index contributed by atoms with van der Waals surface area (Å²) in [4.78, 5) is 29.6. The molecule has 0 spiro atoms. The Morgan fingerprint density at radius 1 is 0.976 bits per heavy atom. The van der Waals surface area contributed by atoms with Crippen molar-refractivity contribution >= 4 is 50.9 Å². The number of nitrogens with zero attached hydrogens (tertiary/aromatic N) is 2. The second-order valence-corrected chi connectivity index (χ2v) is 13.2. The molecule has 0 fully saturated rings. The predicted molar refractivity (Wildman–Crippen MR) is 170 cm³/mol. The lowest BCUT2D eigenvalue weighted by atomic mass is 10.1. The fourth-order valence-electron chi connectivity index (χ4n) is 4.17. The van der Waals surface area contributed by atoms with Gasteiger partial charge >= 0.3 is 0 Å². The summed E-state index contributed by atoms with van der Waals surface area (Å²) in [5.74, 6) is -0.391. The lowest BCUT2D eigenvalue weighted by molar-refractivity contribution is -0.139. The molecule has 1 atom stereocenters. The molecular formula is C31H38ClN3O5S2. The molecule has 1 N–H and O–H groups in total. The van der Waals surface area contributed by atoms with Crippen LogP contribution in [-0.2, 0) is 26.2 Å².